The quantitative estimate of drug-likeness (QED) is 0.696. The standard InChI is InChI=1S/C17H20N6O2S/c1-11-8-20-15(9-19-11)17-18-5-6-22(17)16-12(2)21-23(13(16)3)14-4-7-26(24,25)10-14/h5-6,8-9,14H,4,7,10H2,1-3H3. The van der Waals surface area contributed by atoms with Crippen molar-refractivity contribution in [3.8, 4) is 17.2 Å². The molecule has 1 fully saturated rings. The summed E-state index contributed by atoms with van der Waals surface area (Å²) in [4.78, 5) is 13.1. The van der Waals surface area contributed by atoms with Crippen LogP contribution in [0.4, 0.5) is 0 Å². The molecule has 4 heterocycles. The van der Waals surface area contributed by atoms with Crippen LogP contribution >= 0.6 is 0 Å². The van der Waals surface area contributed by atoms with E-state index >= 15 is 0 Å². The first-order valence-electron chi connectivity index (χ1n) is 8.44. The van der Waals surface area contributed by atoms with E-state index in [1.54, 1.807) is 18.6 Å². The number of rotatable bonds is 3. The fourth-order valence-corrected chi connectivity index (χ4v) is 5.20. The van der Waals surface area contributed by atoms with Crippen LogP contribution in [-0.2, 0) is 9.84 Å². The van der Waals surface area contributed by atoms with Crippen molar-refractivity contribution in [2.75, 3.05) is 11.5 Å². The van der Waals surface area contributed by atoms with Crippen LogP contribution in [0.2, 0.25) is 0 Å². The van der Waals surface area contributed by atoms with Crippen LogP contribution in [0.25, 0.3) is 17.2 Å². The van der Waals surface area contributed by atoms with Gasteiger partial charge in [-0.05, 0) is 27.2 Å². The molecule has 8 nitrogen and oxygen atoms in total. The molecule has 1 unspecified atom stereocenters. The van der Waals surface area contributed by atoms with E-state index < -0.39 is 9.84 Å². The third kappa shape index (κ3) is 2.82. The lowest BCUT2D eigenvalue weighted by Crippen LogP contribution is -2.14. The molecule has 1 saturated heterocycles. The zero-order valence-electron chi connectivity index (χ0n) is 14.9. The molecule has 26 heavy (non-hydrogen) atoms. The largest absolute Gasteiger partial charge is 0.295 e. The molecule has 0 N–H and O–H groups in total. The number of hydrogen-bond acceptors (Lipinski definition) is 6. The van der Waals surface area contributed by atoms with Gasteiger partial charge in [0.2, 0.25) is 0 Å². The summed E-state index contributed by atoms with van der Waals surface area (Å²) in [6.45, 7) is 5.77. The van der Waals surface area contributed by atoms with E-state index in [1.807, 2.05) is 36.2 Å². The minimum absolute atomic E-state index is 0.112. The van der Waals surface area contributed by atoms with Crippen LogP contribution < -0.4 is 0 Å². The number of imidazole rings is 1. The third-order valence-electron chi connectivity index (χ3n) is 4.73. The van der Waals surface area contributed by atoms with Gasteiger partial charge in [-0.1, -0.05) is 0 Å². The van der Waals surface area contributed by atoms with E-state index in [9.17, 15) is 8.42 Å². The summed E-state index contributed by atoms with van der Waals surface area (Å²) < 4.78 is 27.5. The predicted molar refractivity (Wildman–Crippen MR) is 96.9 cm³/mol. The summed E-state index contributed by atoms with van der Waals surface area (Å²) in [6.07, 6.45) is 7.59. The molecule has 0 radical (unpaired) electrons. The smallest absolute Gasteiger partial charge is 0.164 e. The van der Waals surface area contributed by atoms with Crippen molar-refractivity contribution < 1.29 is 8.42 Å². The van der Waals surface area contributed by atoms with Crippen molar-refractivity contribution in [2.24, 2.45) is 0 Å². The van der Waals surface area contributed by atoms with E-state index in [-0.39, 0.29) is 17.5 Å². The maximum Gasteiger partial charge on any atom is 0.164 e. The van der Waals surface area contributed by atoms with E-state index in [0.29, 0.717) is 17.9 Å². The monoisotopic (exact) mass is 372 g/mol. The van der Waals surface area contributed by atoms with Crippen molar-refractivity contribution in [1.82, 2.24) is 29.3 Å². The van der Waals surface area contributed by atoms with Crippen LogP contribution in [0.3, 0.4) is 0 Å². The zero-order chi connectivity index (χ0) is 18.5. The van der Waals surface area contributed by atoms with Gasteiger partial charge in [0.25, 0.3) is 0 Å². The molecular formula is C17H20N6O2S. The number of sulfone groups is 1. The van der Waals surface area contributed by atoms with Gasteiger partial charge >= 0.3 is 0 Å². The summed E-state index contributed by atoms with van der Waals surface area (Å²) in [7, 11) is -2.97. The van der Waals surface area contributed by atoms with Crippen LogP contribution in [0.15, 0.2) is 24.8 Å². The normalized spacial score (nSPS) is 19.1. The minimum atomic E-state index is -2.97. The molecule has 1 aliphatic heterocycles. The highest BCUT2D eigenvalue weighted by molar-refractivity contribution is 7.91. The second-order valence-electron chi connectivity index (χ2n) is 6.68. The van der Waals surface area contributed by atoms with E-state index in [4.69, 9.17) is 0 Å². The Morgan fingerprint density at radius 2 is 1.92 bits per heavy atom. The first-order chi connectivity index (χ1) is 12.4. The molecule has 0 amide bonds. The summed E-state index contributed by atoms with van der Waals surface area (Å²) in [5.74, 6) is 1.05. The molecule has 4 rings (SSSR count). The van der Waals surface area contributed by atoms with Gasteiger partial charge in [0, 0.05) is 18.6 Å². The Morgan fingerprint density at radius 3 is 2.58 bits per heavy atom. The third-order valence-corrected chi connectivity index (χ3v) is 6.48. The first-order valence-corrected chi connectivity index (χ1v) is 10.3. The number of aromatic nitrogens is 6. The van der Waals surface area contributed by atoms with E-state index in [2.05, 4.69) is 20.1 Å². The van der Waals surface area contributed by atoms with Crippen LogP contribution in [-0.4, -0.2) is 49.2 Å². The molecule has 1 atom stereocenters. The van der Waals surface area contributed by atoms with Crippen LogP contribution in [0, 0.1) is 20.8 Å². The Morgan fingerprint density at radius 1 is 1.12 bits per heavy atom. The van der Waals surface area contributed by atoms with Gasteiger partial charge < -0.3 is 0 Å². The predicted octanol–water partition coefficient (Wildman–Crippen LogP) is 1.81. The van der Waals surface area contributed by atoms with Gasteiger partial charge in [0.15, 0.2) is 15.7 Å². The van der Waals surface area contributed by atoms with Gasteiger partial charge in [-0.15, -0.1) is 0 Å². The average molecular weight is 372 g/mol. The van der Waals surface area contributed by atoms with E-state index in [0.717, 1.165) is 22.8 Å². The lowest BCUT2D eigenvalue weighted by atomic mass is 10.2. The second kappa shape index (κ2) is 6.01. The highest BCUT2D eigenvalue weighted by atomic mass is 32.2. The van der Waals surface area contributed by atoms with Crippen molar-refractivity contribution in [3.63, 3.8) is 0 Å². The SMILES string of the molecule is Cc1cnc(-c2nccn2-c2c(C)nn(C3CCS(=O)(=O)C3)c2C)cn1. The Labute approximate surface area is 151 Å². The summed E-state index contributed by atoms with van der Waals surface area (Å²) in [5, 5.41) is 4.63. The fraction of sp³-hybridized carbons (Fsp3) is 0.412. The summed E-state index contributed by atoms with van der Waals surface area (Å²) in [5.41, 5.74) is 4.17. The van der Waals surface area contributed by atoms with Gasteiger partial charge in [-0.25, -0.2) is 18.4 Å². The Hall–Kier alpha value is -2.55. The fourth-order valence-electron chi connectivity index (χ4n) is 3.51. The van der Waals surface area contributed by atoms with Gasteiger partial charge in [-0.3, -0.25) is 14.2 Å². The molecule has 0 spiro atoms. The Bertz CT molecular complexity index is 1070. The van der Waals surface area contributed by atoms with Gasteiger partial charge in [-0.2, -0.15) is 5.10 Å². The molecule has 9 heteroatoms. The topological polar surface area (TPSA) is 95.6 Å². The van der Waals surface area contributed by atoms with Crippen LogP contribution in [0.1, 0.15) is 29.5 Å². The molecular weight excluding hydrogens is 352 g/mol. The molecule has 3 aromatic rings. The molecule has 0 saturated carbocycles. The highest BCUT2D eigenvalue weighted by Crippen LogP contribution is 2.30. The number of aryl methyl sites for hydroxylation is 2. The maximum absolute atomic E-state index is 11.8. The molecule has 1 aliphatic rings. The van der Waals surface area contributed by atoms with E-state index in [1.165, 1.54) is 0 Å². The first kappa shape index (κ1) is 16.9. The average Bonchev–Trinajstić information content (AvgIpc) is 3.26. The van der Waals surface area contributed by atoms with Crippen molar-refractivity contribution >= 4 is 9.84 Å². The zero-order valence-corrected chi connectivity index (χ0v) is 15.7. The lowest BCUT2D eigenvalue weighted by molar-refractivity contribution is 0.485. The number of hydrogen-bond donors (Lipinski definition) is 0. The van der Waals surface area contributed by atoms with Crippen LogP contribution in [0.5, 0.6) is 0 Å². The Balaban J connectivity index is 1.79. The maximum atomic E-state index is 11.8. The second-order valence-corrected chi connectivity index (χ2v) is 8.91. The summed E-state index contributed by atoms with van der Waals surface area (Å²) >= 11 is 0. The van der Waals surface area contributed by atoms with Crippen molar-refractivity contribution in [3.05, 3.63) is 41.9 Å². The molecule has 0 aliphatic carbocycles. The molecule has 136 valence electrons. The molecule has 3 aromatic heterocycles. The van der Waals surface area contributed by atoms with Gasteiger partial charge in [0.1, 0.15) is 5.69 Å². The Kier molecular flexibility index (Phi) is 3.91. The number of nitrogens with zero attached hydrogens (tertiary/aromatic N) is 6. The van der Waals surface area contributed by atoms with Crippen molar-refractivity contribution in [1.29, 1.82) is 0 Å². The van der Waals surface area contributed by atoms with Crippen molar-refractivity contribution in [2.45, 2.75) is 33.2 Å². The lowest BCUT2D eigenvalue weighted by Gasteiger charge is -2.12. The minimum Gasteiger partial charge on any atom is -0.295 e. The highest BCUT2D eigenvalue weighted by Gasteiger charge is 2.32. The van der Waals surface area contributed by atoms with Gasteiger partial charge in [0.05, 0.1) is 46.5 Å². The summed E-state index contributed by atoms with van der Waals surface area (Å²) in [6, 6.07) is -0.112. The molecule has 0 aromatic carbocycles. The molecule has 0 bridgehead atoms.